The molecule has 0 aliphatic carbocycles. The third-order valence-electron chi connectivity index (χ3n) is 4.52. The summed E-state index contributed by atoms with van der Waals surface area (Å²) in [5.74, 6) is -0.00926. The predicted octanol–water partition coefficient (Wildman–Crippen LogP) is 3.84. The van der Waals surface area contributed by atoms with Crippen LogP contribution in [-0.2, 0) is 4.79 Å². The standard InChI is InChI=1S/C18H18BrFN4O3/c1-9-7-14(22-27-9)21-17(25)15-10(2)23(3)18(26)24(4)16(15)11-5-6-13(20)12(19)8-11/h5-8,16H,1-4H3,(H,21,22,25)/t16-/m1/s1. The SMILES string of the molecule is CC1=C(C(=O)Nc2cc(C)on2)[C@@H](c2ccc(F)c(Br)c2)N(C)C(=O)N1C. The number of halogens is 2. The minimum Gasteiger partial charge on any atom is -0.360 e. The van der Waals surface area contributed by atoms with Gasteiger partial charge in [-0.2, -0.15) is 0 Å². The summed E-state index contributed by atoms with van der Waals surface area (Å²) in [5, 5.41) is 6.46. The van der Waals surface area contributed by atoms with E-state index < -0.39 is 17.8 Å². The molecule has 0 saturated heterocycles. The molecule has 0 bridgehead atoms. The quantitative estimate of drug-likeness (QED) is 0.792. The van der Waals surface area contributed by atoms with Crippen molar-refractivity contribution in [2.75, 3.05) is 19.4 Å². The average molecular weight is 437 g/mol. The topological polar surface area (TPSA) is 78.7 Å². The van der Waals surface area contributed by atoms with Crippen molar-refractivity contribution in [1.82, 2.24) is 15.0 Å². The van der Waals surface area contributed by atoms with Gasteiger partial charge in [-0.05, 0) is 47.5 Å². The van der Waals surface area contributed by atoms with Gasteiger partial charge in [-0.1, -0.05) is 11.2 Å². The lowest BCUT2D eigenvalue weighted by molar-refractivity contribution is -0.113. The maximum absolute atomic E-state index is 13.7. The number of aromatic nitrogens is 1. The molecule has 3 amide bonds. The smallest absolute Gasteiger partial charge is 0.324 e. The summed E-state index contributed by atoms with van der Waals surface area (Å²) in [5.41, 5.74) is 1.47. The highest BCUT2D eigenvalue weighted by Gasteiger charge is 2.38. The van der Waals surface area contributed by atoms with Crippen molar-refractivity contribution in [2.24, 2.45) is 0 Å². The molecule has 2 heterocycles. The van der Waals surface area contributed by atoms with Gasteiger partial charge in [-0.3, -0.25) is 4.79 Å². The van der Waals surface area contributed by atoms with Crippen LogP contribution in [0.15, 0.2) is 44.5 Å². The van der Waals surface area contributed by atoms with Crippen LogP contribution in [0.1, 0.15) is 24.3 Å². The van der Waals surface area contributed by atoms with Crippen LogP contribution < -0.4 is 5.32 Å². The third kappa shape index (κ3) is 3.46. The van der Waals surface area contributed by atoms with Crippen LogP contribution in [0, 0.1) is 12.7 Å². The Labute approximate surface area is 163 Å². The Morgan fingerprint density at radius 3 is 2.59 bits per heavy atom. The highest BCUT2D eigenvalue weighted by atomic mass is 79.9. The number of carbonyl (C=O) groups is 2. The highest BCUT2D eigenvalue weighted by molar-refractivity contribution is 9.10. The van der Waals surface area contributed by atoms with Gasteiger partial charge in [0.1, 0.15) is 11.6 Å². The lowest BCUT2D eigenvalue weighted by Gasteiger charge is -2.39. The zero-order chi connectivity index (χ0) is 19.9. The van der Waals surface area contributed by atoms with E-state index in [1.807, 2.05) is 0 Å². The molecule has 7 nitrogen and oxygen atoms in total. The first-order chi connectivity index (χ1) is 12.7. The molecule has 2 aromatic rings. The van der Waals surface area contributed by atoms with E-state index in [4.69, 9.17) is 4.52 Å². The first-order valence-corrected chi connectivity index (χ1v) is 8.91. The van der Waals surface area contributed by atoms with Crippen LogP contribution in [0.3, 0.4) is 0 Å². The molecule has 3 rings (SSSR count). The predicted molar refractivity (Wildman–Crippen MR) is 100 cm³/mol. The Hall–Kier alpha value is -2.68. The Kier molecular flexibility index (Phi) is 5.05. The van der Waals surface area contributed by atoms with Crippen LogP contribution >= 0.6 is 15.9 Å². The van der Waals surface area contributed by atoms with E-state index in [0.29, 0.717) is 22.6 Å². The number of nitrogens with zero attached hydrogens (tertiary/aromatic N) is 3. The Balaban J connectivity index is 2.08. The summed E-state index contributed by atoms with van der Waals surface area (Å²) in [7, 11) is 3.19. The Morgan fingerprint density at radius 2 is 2.00 bits per heavy atom. The molecule has 0 saturated carbocycles. The van der Waals surface area contributed by atoms with Crippen LogP contribution in [0.25, 0.3) is 0 Å². The van der Waals surface area contributed by atoms with Gasteiger partial charge in [0, 0.05) is 25.9 Å². The van der Waals surface area contributed by atoms with Gasteiger partial charge >= 0.3 is 6.03 Å². The number of anilines is 1. The molecule has 1 aliphatic rings. The van der Waals surface area contributed by atoms with Crippen molar-refractivity contribution in [3.63, 3.8) is 0 Å². The number of amides is 3. The van der Waals surface area contributed by atoms with Crippen LogP contribution in [0.2, 0.25) is 0 Å². The minimum atomic E-state index is -0.682. The van der Waals surface area contributed by atoms with Crippen molar-refractivity contribution in [2.45, 2.75) is 19.9 Å². The zero-order valence-electron chi connectivity index (χ0n) is 15.2. The number of benzene rings is 1. The van der Waals surface area contributed by atoms with Crippen LogP contribution in [-0.4, -0.2) is 41.0 Å². The maximum atomic E-state index is 13.7. The van der Waals surface area contributed by atoms with Gasteiger partial charge in [0.15, 0.2) is 5.82 Å². The zero-order valence-corrected chi connectivity index (χ0v) is 16.8. The van der Waals surface area contributed by atoms with Crippen LogP contribution in [0.4, 0.5) is 15.0 Å². The lowest BCUT2D eigenvalue weighted by Crippen LogP contribution is -2.47. The van der Waals surface area contributed by atoms with Gasteiger partial charge in [-0.15, -0.1) is 0 Å². The minimum absolute atomic E-state index is 0.254. The number of carbonyl (C=O) groups excluding carboxylic acids is 2. The van der Waals surface area contributed by atoms with Crippen molar-refractivity contribution < 1.29 is 18.5 Å². The molecule has 0 radical (unpaired) electrons. The third-order valence-corrected chi connectivity index (χ3v) is 5.12. The van der Waals surface area contributed by atoms with Crippen molar-refractivity contribution in [3.05, 3.63) is 57.1 Å². The summed E-state index contributed by atoms with van der Waals surface area (Å²) in [6.45, 7) is 3.41. The summed E-state index contributed by atoms with van der Waals surface area (Å²) < 4.78 is 18.9. The van der Waals surface area contributed by atoms with E-state index >= 15 is 0 Å². The Bertz CT molecular complexity index is 956. The molecular formula is C18H18BrFN4O3. The number of allylic oxidation sites excluding steroid dienone is 1. The van der Waals surface area contributed by atoms with Crippen LogP contribution in [0.5, 0.6) is 0 Å². The van der Waals surface area contributed by atoms with Gasteiger partial charge in [-0.25, -0.2) is 9.18 Å². The maximum Gasteiger partial charge on any atom is 0.324 e. The first-order valence-electron chi connectivity index (χ1n) is 8.11. The molecular weight excluding hydrogens is 419 g/mol. The van der Waals surface area contributed by atoms with Crippen molar-refractivity contribution >= 4 is 33.7 Å². The largest absolute Gasteiger partial charge is 0.360 e. The summed E-state index contributed by atoms with van der Waals surface area (Å²) in [4.78, 5) is 28.4. The number of urea groups is 1. The molecule has 1 aromatic heterocycles. The monoisotopic (exact) mass is 436 g/mol. The van der Waals surface area contributed by atoms with Gasteiger partial charge < -0.3 is 19.6 Å². The number of aryl methyl sites for hydroxylation is 1. The molecule has 0 unspecified atom stereocenters. The van der Waals surface area contributed by atoms with E-state index in [1.165, 1.54) is 15.9 Å². The van der Waals surface area contributed by atoms with Gasteiger partial charge in [0.05, 0.1) is 16.1 Å². The Morgan fingerprint density at radius 1 is 1.30 bits per heavy atom. The fraction of sp³-hybridized carbons (Fsp3) is 0.278. The molecule has 0 spiro atoms. The summed E-state index contributed by atoms with van der Waals surface area (Å²) in [6.07, 6.45) is 0. The van der Waals surface area contributed by atoms with E-state index in [1.54, 1.807) is 46.1 Å². The second kappa shape index (κ2) is 7.15. The number of hydrogen-bond acceptors (Lipinski definition) is 4. The number of rotatable bonds is 3. The van der Waals surface area contributed by atoms with Crippen molar-refractivity contribution in [1.29, 1.82) is 0 Å². The molecule has 27 heavy (non-hydrogen) atoms. The second-order valence-corrected chi connectivity index (χ2v) is 7.16. The second-order valence-electron chi connectivity index (χ2n) is 6.30. The van der Waals surface area contributed by atoms with Gasteiger partial charge in [0.25, 0.3) is 5.91 Å². The van der Waals surface area contributed by atoms with E-state index in [2.05, 4.69) is 26.4 Å². The van der Waals surface area contributed by atoms with E-state index in [0.717, 1.165) is 0 Å². The fourth-order valence-corrected chi connectivity index (χ4v) is 3.43. The molecule has 1 atom stereocenters. The molecule has 1 aromatic carbocycles. The highest BCUT2D eigenvalue weighted by Crippen LogP contribution is 2.37. The normalized spacial score (nSPS) is 17.6. The molecule has 9 heteroatoms. The van der Waals surface area contributed by atoms with E-state index in [9.17, 15) is 14.0 Å². The molecule has 1 N–H and O–H groups in total. The van der Waals surface area contributed by atoms with E-state index in [-0.39, 0.29) is 16.3 Å². The fourth-order valence-electron chi connectivity index (χ4n) is 3.03. The van der Waals surface area contributed by atoms with Crippen molar-refractivity contribution in [3.8, 4) is 0 Å². The lowest BCUT2D eigenvalue weighted by atomic mass is 9.93. The number of hydrogen-bond donors (Lipinski definition) is 1. The number of likely N-dealkylation sites (N-methyl/N-ethyl adjacent to an activating group) is 1. The first kappa shape index (κ1) is 19.1. The molecule has 1 aliphatic heterocycles. The molecule has 0 fully saturated rings. The average Bonchev–Trinajstić information content (AvgIpc) is 3.03. The summed E-state index contributed by atoms with van der Waals surface area (Å²) >= 11 is 3.16. The molecule has 142 valence electrons. The van der Waals surface area contributed by atoms with Gasteiger partial charge in [0.2, 0.25) is 0 Å². The number of nitrogens with one attached hydrogen (secondary N) is 1. The summed E-state index contributed by atoms with van der Waals surface area (Å²) in [6, 6.07) is 5.06.